The highest BCUT2D eigenvalue weighted by Crippen LogP contribution is 2.48. The minimum absolute atomic E-state index is 0.236. The van der Waals surface area contributed by atoms with Crippen LogP contribution in [-0.2, 0) is 35.3 Å². The van der Waals surface area contributed by atoms with Crippen LogP contribution in [0.2, 0.25) is 5.02 Å². The van der Waals surface area contributed by atoms with Crippen molar-refractivity contribution in [2.45, 2.75) is 80.8 Å². The molecule has 188 valence electrons. The average molecular weight is 514 g/mol. The van der Waals surface area contributed by atoms with E-state index in [9.17, 15) is 8.42 Å². The van der Waals surface area contributed by atoms with Gasteiger partial charge in [-0.05, 0) is 46.5 Å². The Morgan fingerprint density at radius 2 is 1.88 bits per heavy atom. The molecule has 2 aliphatic rings. The Bertz CT molecular complexity index is 1120. The van der Waals surface area contributed by atoms with E-state index in [4.69, 9.17) is 25.8 Å². The van der Waals surface area contributed by atoms with Gasteiger partial charge in [-0.3, -0.25) is 0 Å². The molecular formula is C22H32ClN5O5S. The third kappa shape index (κ3) is 4.99. The highest BCUT2D eigenvalue weighted by molar-refractivity contribution is 7.91. The molecule has 0 amide bonds. The highest BCUT2D eigenvalue weighted by Gasteiger charge is 2.50. The van der Waals surface area contributed by atoms with Crippen molar-refractivity contribution in [2.75, 3.05) is 20.8 Å². The van der Waals surface area contributed by atoms with Crippen LogP contribution < -0.4 is 0 Å². The molecule has 0 radical (unpaired) electrons. The SMILES string of the molecule is COCC1(n2c(CS(=O)(=O)[C@@H](C)[C@H](OC)c3ncc(Cl)cn3)nnc2[C@@H]2CCC(C)(C)O2)CC1. The van der Waals surface area contributed by atoms with Crippen LogP contribution in [0.5, 0.6) is 0 Å². The molecule has 2 aromatic rings. The standard InChI is InChI=1S/C22H32ClN5O5S/c1-14(18(32-5)19-24-10-15(23)11-25-19)34(29,30)12-17-26-27-20(16-6-7-21(2,3)33-16)28(17)22(8-9-22)13-31-4/h10-11,14,16,18H,6-9,12-13H2,1-5H3/t14-,16-,18-/m0/s1. The normalized spacial score (nSPS) is 23.1. The van der Waals surface area contributed by atoms with Gasteiger partial charge in [0.2, 0.25) is 0 Å². The van der Waals surface area contributed by atoms with Crippen molar-refractivity contribution >= 4 is 21.4 Å². The third-order valence-corrected chi connectivity index (χ3v) is 8.94. The molecule has 2 fully saturated rings. The highest BCUT2D eigenvalue weighted by atomic mass is 35.5. The van der Waals surface area contributed by atoms with Gasteiger partial charge < -0.3 is 18.8 Å². The Morgan fingerprint density at radius 1 is 1.21 bits per heavy atom. The zero-order valence-corrected chi connectivity index (χ0v) is 21.8. The van der Waals surface area contributed by atoms with E-state index >= 15 is 0 Å². The van der Waals surface area contributed by atoms with E-state index in [0.29, 0.717) is 23.3 Å². The molecule has 3 heterocycles. The van der Waals surface area contributed by atoms with E-state index in [-0.39, 0.29) is 28.8 Å². The second-order valence-electron chi connectivity index (χ2n) is 9.80. The van der Waals surface area contributed by atoms with Crippen molar-refractivity contribution in [1.82, 2.24) is 24.7 Å². The lowest BCUT2D eigenvalue weighted by molar-refractivity contribution is -0.0231. The predicted octanol–water partition coefficient (Wildman–Crippen LogP) is 3.18. The van der Waals surface area contributed by atoms with Gasteiger partial charge in [0.15, 0.2) is 21.5 Å². The molecule has 1 aliphatic heterocycles. The number of hydrogen-bond acceptors (Lipinski definition) is 9. The Labute approximate surface area is 205 Å². The first-order valence-corrected chi connectivity index (χ1v) is 13.4. The van der Waals surface area contributed by atoms with Crippen LogP contribution in [0.4, 0.5) is 0 Å². The first-order valence-electron chi connectivity index (χ1n) is 11.4. The fraction of sp³-hybridized carbons (Fsp3) is 0.727. The zero-order chi connectivity index (χ0) is 24.7. The lowest BCUT2D eigenvalue weighted by Crippen LogP contribution is -2.33. The number of sulfone groups is 1. The number of nitrogens with zero attached hydrogens (tertiary/aromatic N) is 5. The van der Waals surface area contributed by atoms with Gasteiger partial charge in [-0.25, -0.2) is 18.4 Å². The fourth-order valence-corrected chi connectivity index (χ4v) is 6.15. The molecule has 3 atom stereocenters. The second kappa shape index (κ2) is 9.42. The molecule has 12 heteroatoms. The molecular weight excluding hydrogens is 482 g/mol. The predicted molar refractivity (Wildman–Crippen MR) is 125 cm³/mol. The molecule has 1 saturated carbocycles. The van der Waals surface area contributed by atoms with Crippen LogP contribution in [0.3, 0.4) is 0 Å². The fourth-order valence-electron chi connectivity index (χ4n) is 4.63. The van der Waals surface area contributed by atoms with Crippen molar-refractivity contribution < 1.29 is 22.6 Å². The number of aromatic nitrogens is 5. The van der Waals surface area contributed by atoms with Crippen molar-refractivity contribution in [2.24, 2.45) is 0 Å². The van der Waals surface area contributed by atoms with Gasteiger partial charge in [0.25, 0.3) is 0 Å². The van der Waals surface area contributed by atoms with Crippen LogP contribution in [0.1, 0.15) is 76.1 Å². The minimum Gasteiger partial charge on any atom is -0.382 e. The van der Waals surface area contributed by atoms with E-state index in [2.05, 4.69) is 20.2 Å². The van der Waals surface area contributed by atoms with Crippen LogP contribution in [0.25, 0.3) is 0 Å². The number of methoxy groups -OCH3 is 2. The molecule has 1 aliphatic carbocycles. The number of halogens is 1. The average Bonchev–Trinajstić information content (AvgIpc) is 3.28. The Kier molecular flexibility index (Phi) is 7.05. The molecule has 10 nitrogen and oxygen atoms in total. The molecule has 0 aromatic carbocycles. The lowest BCUT2D eigenvalue weighted by atomic mass is 10.1. The summed E-state index contributed by atoms with van der Waals surface area (Å²) in [5, 5.41) is 8.21. The van der Waals surface area contributed by atoms with Gasteiger partial charge in [0.1, 0.15) is 23.8 Å². The van der Waals surface area contributed by atoms with E-state index in [0.717, 1.165) is 25.7 Å². The van der Waals surface area contributed by atoms with Crippen LogP contribution in [0, 0.1) is 0 Å². The Balaban J connectivity index is 1.65. The van der Waals surface area contributed by atoms with Crippen LogP contribution in [0.15, 0.2) is 12.4 Å². The third-order valence-electron chi connectivity index (χ3n) is 6.70. The maximum atomic E-state index is 13.5. The van der Waals surface area contributed by atoms with Crippen molar-refractivity contribution in [3.05, 3.63) is 34.9 Å². The lowest BCUT2D eigenvalue weighted by Gasteiger charge is -2.25. The van der Waals surface area contributed by atoms with E-state index in [1.54, 1.807) is 14.0 Å². The molecule has 0 unspecified atom stereocenters. The number of rotatable bonds is 10. The van der Waals surface area contributed by atoms with E-state index < -0.39 is 21.2 Å². The monoisotopic (exact) mass is 513 g/mol. The largest absolute Gasteiger partial charge is 0.382 e. The van der Waals surface area contributed by atoms with Gasteiger partial charge >= 0.3 is 0 Å². The first kappa shape index (κ1) is 25.4. The van der Waals surface area contributed by atoms with Crippen LogP contribution >= 0.6 is 11.6 Å². The summed E-state index contributed by atoms with van der Waals surface area (Å²) in [6, 6.07) is 0. The summed E-state index contributed by atoms with van der Waals surface area (Å²) >= 11 is 5.88. The molecule has 2 aromatic heterocycles. The zero-order valence-electron chi connectivity index (χ0n) is 20.2. The summed E-state index contributed by atoms with van der Waals surface area (Å²) in [5.74, 6) is 1.01. The smallest absolute Gasteiger partial charge is 0.163 e. The van der Waals surface area contributed by atoms with Gasteiger partial charge in [-0.2, -0.15) is 0 Å². The quantitative estimate of drug-likeness (QED) is 0.471. The second-order valence-corrected chi connectivity index (χ2v) is 12.6. The molecule has 0 N–H and O–H groups in total. The maximum absolute atomic E-state index is 13.5. The summed E-state index contributed by atoms with van der Waals surface area (Å²) in [4.78, 5) is 8.31. The summed E-state index contributed by atoms with van der Waals surface area (Å²) in [6.07, 6.45) is 5.17. The van der Waals surface area contributed by atoms with Gasteiger partial charge in [-0.15, -0.1) is 10.2 Å². The summed E-state index contributed by atoms with van der Waals surface area (Å²) in [6.45, 7) is 6.14. The maximum Gasteiger partial charge on any atom is 0.163 e. The minimum atomic E-state index is -3.73. The summed E-state index contributed by atoms with van der Waals surface area (Å²) < 4.78 is 46.2. The van der Waals surface area contributed by atoms with Crippen LogP contribution in [-0.4, -0.2) is 64.8 Å². The van der Waals surface area contributed by atoms with E-state index in [1.807, 2.05) is 18.4 Å². The van der Waals surface area contributed by atoms with Crippen molar-refractivity contribution in [1.29, 1.82) is 0 Å². The Hall–Kier alpha value is -1.66. The number of ether oxygens (including phenoxy) is 3. The van der Waals surface area contributed by atoms with Crippen molar-refractivity contribution in [3.8, 4) is 0 Å². The summed E-state index contributed by atoms with van der Waals surface area (Å²) in [5.41, 5.74) is -0.609. The summed E-state index contributed by atoms with van der Waals surface area (Å²) in [7, 11) is -0.646. The Morgan fingerprint density at radius 3 is 2.41 bits per heavy atom. The molecule has 4 rings (SSSR count). The molecule has 0 spiro atoms. The molecule has 0 bridgehead atoms. The van der Waals surface area contributed by atoms with E-state index in [1.165, 1.54) is 19.5 Å². The number of hydrogen-bond donors (Lipinski definition) is 0. The molecule has 34 heavy (non-hydrogen) atoms. The topological polar surface area (TPSA) is 118 Å². The van der Waals surface area contributed by atoms with Crippen molar-refractivity contribution in [3.63, 3.8) is 0 Å². The first-order chi connectivity index (χ1) is 16.0. The van der Waals surface area contributed by atoms with Gasteiger partial charge in [-0.1, -0.05) is 11.6 Å². The van der Waals surface area contributed by atoms with Gasteiger partial charge in [0.05, 0.1) is 28.0 Å². The van der Waals surface area contributed by atoms with Gasteiger partial charge in [0, 0.05) is 26.6 Å². The molecule has 1 saturated heterocycles.